The van der Waals surface area contributed by atoms with Gasteiger partial charge in [0.2, 0.25) is 0 Å². The maximum atomic E-state index is 13.4. The molecule has 2 nitrogen and oxygen atoms in total. The number of aliphatic hydroxyl groups is 1. The first-order valence-corrected chi connectivity index (χ1v) is 6.44. The maximum Gasteiger partial charge on any atom is 0.123 e. The molecule has 0 saturated heterocycles. The van der Waals surface area contributed by atoms with Crippen molar-refractivity contribution in [2.75, 3.05) is 0 Å². The topological polar surface area (TPSA) is 32.6 Å². The lowest BCUT2D eigenvalue weighted by atomic mass is 9.77. The van der Waals surface area contributed by atoms with Gasteiger partial charge in [0, 0.05) is 12.6 Å². The van der Waals surface area contributed by atoms with Crippen LogP contribution in [0.3, 0.4) is 0 Å². The minimum absolute atomic E-state index is 0.223. The fraction of sp³-hybridized carbons (Fsp3) is 0.400. The minimum Gasteiger partial charge on any atom is -0.382 e. The van der Waals surface area contributed by atoms with Gasteiger partial charge in [0.25, 0.3) is 0 Å². The van der Waals surface area contributed by atoms with Crippen molar-refractivity contribution < 1.29 is 9.50 Å². The van der Waals surface area contributed by atoms with E-state index in [0.717, 1.165) is 29.7 Å². The molecule has 1 saturated carbocycles. The van der Waals surface area contributed by atoms with E-state index in [1.807, 2.05) is 6.08 Å². The summed E-state index contributed by atoms with van der Waals surface area (Å²) in [6.45, 7) is 0. The Morgan fingerprint density at radius 2 is 2.17 bits per heavy atom. The molecule has 94 valence electrons. The van der Waals surface area contributed by atoms with Crippen LogP contribution in [0.15, 0.2) is 35.5 Å². The second-order valence-corrected chi connectivity index (χ2v) is 5.01. The van der Waals surface area contributed by atoms with Crippen LogP contribution >= 0.6 is 0 Å². The Bertz CT molecular complexity index is 517. The zero-order chi connectivity index (χ0) is 12.5. The lowest BCUT2D eigenvalue weighted by Crippen LogP contribution is -2.17. The molecule has 0 bridgehead atoms. The average molecular weight is 245 g/mol. The Morgan fingerprint density at radius 1 is 1.33 bits per heavy atom. The summed E-state index contributed by atoms with van der Waals surface area (Å²) >= 11 is 0. The van der Waals surface area contributed by atoms with E-state index >= 15 is 0 Å². The summed E-state index contributed by atoms with van der Waals surface area (Å²) in [6.07, 6.45) is 7.00. The van der Waals surface area contributed by atoms with Crippen LogP contribution in [0, 0.1) is 5.82 Å². The van der Waals surface area contributed by atoms with Gasteiger partial charge in [-0.1, -0.05) is 18.6 Å². The Kier molecular flexibility index (Phi) is 3.00. The van der Waals surface area contributed by atoms with Crippen LogP contribution < -0.4 is 0 Å². The molecular formula is C15H16FNO. The number of rotatable bonds is 3. The Morgan fingerprint density at radius 3 is 2.78 bits per heavy atom. The first-order chi connectivity index (χ1) is 8.75. The zero-order valence-corrected chi connectivity index (χ0v) is 10.1. The molecule has 1 aliphatic carbocycles. The van der Waals surface area contributed by atoms with E-state index < -0.39 is 6.10 Å². The van der Waals surface area contributed by atoms with Crippen molar-refractivity contribution in [1.82, 2.24) is 0 Å². The van der Waals surface area contributed by atoms with Crippen molar-refractivity contribution in [1.29, 1.82) is 0 Å². The highest BCUT2D eigenvalue weighted by Gasteiger charge is 2.27. The van der Waals surface area contributed by atoms with E-state index in [1.54, 1.807) is 18.3 Å². The highest BCUT2D eigenvalue weighted by Crippen LogP contribution is 2.40. The molecule has 0 aromatic heterocycles. The predicted octanol–water partition coefficient (Wildman–Crippen LogP) is 3.49. The average Bonchev–Trinajstić information content (AvgIpc) is 2.79. The number of nitrogens with zero attached hydrogens (tertiary/aromatic N) is 1. The molecule has 0 spiro atoms. The Labute approximate surface area is 106 Å². The molecule has 1 N–H and O–H groups in total. The Balaban J connectivity index is 1.94. The highest BCUT2D eigenvalue weighted by atomic mass is 19.1. The first-order valence-electron chi connectivity index (χ1n) is 6.44. The summed E-state index contributed by atoms with van der Waals surface area (Å²) in [5, 5.41) is 10.4. The molecule has 1 aromatic rings. The summed E-state index contributed by atoms with van der Waals surface area (Å²) in [7, 11) is 0. The van der Waals surface area contributed by atoms with Crippen molar-refractivity contribution in [2.24, 2.45) is 4.99 Å². The number of aliphatic hydroxyl groups excluding tert-OH is 1. The van der Waals surface area contributed by atoms with E-state index in [1.165, 1.54) is 12.5 Å². The third kappa shape index (κ3) is 1.99. The molecule has 1 unspecified atom stereocenters. The van der Waals surface area contributed by atoms with E-state index in [-0.39, 0.29) is 5.82 Å². The van der Waals surface area contributed by atoms with Crippen molar-refractivity contribution >= 4 is 5.71 Å². The van der Waals surface area contributed by atoms with E-state index in [9.17, 15) is 9.50 Å². The standard InChI is InChI=1S/C15H16FNO/c16-11-6-7-12(13(9-11)10-3-1-4-10)15(18)14-5-2-8-17-14/h2,6-10,15,18H,1,3-5H2. The number of allylic oxidation sites excluding steroid dienone is 1. The minimum atomic E-state index is -0.698. The van der Waals surface area contributed by atoms with Crippen LogP contribution in [0.4, 0.5) is 4.39 Å². The molecule has 2 aliphatic rings. The molecule has 3 rings (SSSR count). The number of benzene rings is 1. The summed E-state index contributed by atoms with van der Waals surface area (Å²) in [4.78, 5) is 4.17. The van der Waals surface area contributed by atoms with Gasteiger partial charge in [-0.25, -0.2) is 4.39 Å². The van der Waals surface area contributed by atoms with Crippen LogP contribution in [0.25, 0.3) is 0 Å². The number of halogens is 1. The normalized spacial score (nSPS) is 20.7. The third-order valence-electron chi connectivity index (χ3n) is 3.88. The van der Waals surface area contributed by atoms with Gasteiger partial charge < -0.3 is 5.11 Å². The third-order valence-corrected chi connectivity index (χ3v) is 3.88. The van der Waals surface area contributed by atoms with Gasteiger partial charge in [-0.15, -0.1) is 0 Å². The fourth-order valence-corrected chi connectivity index (χ4v) is 2.60. The molecule has 0 radical (unpaired) electrons. The summed E-state index contributed by atoms with van der Waals surface area (Å²) in [5.74, 6) is 0.180. The second kappa shape index (κ2) is 4.65. The molecule has 1 heterocycles. The summed E-state index contributed by atoms with van der Waals surface area (Å²) < 4.78 is 13.4. The van der Waals surface area contributed by atoms with Crippen molar-refractivity contribution in [3.8, 4) is 0 Å². The first kappa shape index (κ1) is 11.6. The highest BCUT2D eigenvalue weighted by molar-refractivity contribution is 5.92. The number of hydrogen-bond acceptors (Lipinski definition) is 2. The number of aliphatic imine (C=N–C) groups is 1. The van der Waals surface area contributed by atoms with Gasteiger partial charge in [0.1, 0.15) is 11.9 Å². The van der Waals surface area contributed by atoms with Gasteiger partial charge in [-0.3, -0.25) is 4.99 Å². The van der Waals surface area contributed by atoms with Gasteiger partial charge in [-0.05, 0) is 42.0 Å². The Hall–Kier alpha value is -1.48. The molecule has 3 heteroatoms. The maximum absolute atomic E-state index is 13.4. The number of hydrogen-bond donors (Lipinski definition) is 1. The zero-order valence-electron chi connectivity index (χ0n) is 10.1. The van der Waals surface area contributed by atoms with E-state index in [2.05, 4.69) is 4.99 Å². The van der Waals surface area contributed by atoms with Crippen LogP contribution in [-0.2, 0) is 0 Å². The quantitative estimate of drug-likeness (QED) is 0.868. The van der Waals surface area contributed by atoms with Gasteiger partial charge in [0.05, 0.1) is 5.71 Å². The van der Waals surface area contributed by atoms with Gasteiger partial charge in [-0.2, -0.15) is 0 Å². The van der Waals surface area contributed by atoms with Crippen LogP contribution in [-0.4, -0.2) is 10.8 Å². The molecule has 18 heavy (non-hydrogen) atoms. The molecule has 1 aromatic carbocycles. The van der Waals surface area contributed by atoms with E-state index in [0.29, 0.717) is 12.3 Å². The summed E-state index contributed by atoms with van der Waals surface area (Å²) in [6, 6.07) is 4.70. The monoisotopic (exact) mass is 245 g/mol. The second-order valence-electron chi connectivity index (χ2n) is 5.01. The van der Waals surface area contributed by atoms with Crippen molar-refractivity contribution in [2.45, 2.75) is 37.7 Å². The molecule has 0 amide bonds. The molecular weight excluding hydrogens is 229 g/mol. The predicted molar refractivity (Wildman–Crippen MR) is 69.1 cm³/mol. The van der Waals surface area contributed by atoms with Crippen molar-refractivity contribution in [3.05, 3.63) is 47.4 Å². The largest absolute Gasteiger partial charge is 0.382 e. The van der Waals surface area contributed by atoms with Gasteiger partial charge in [0.15, 0.2) is 0 Å². The van der Waals surface area contributed by atoms with E-state index in [4.69, 9.17) is 0 Å². The van der Waals surface area contributed by atoms with Crippen LogP contribution in [0.5, 0.6) is 0 Å². The lowest BCUT2D eigenvalue weighted by Gasteiger charge is -2.29. The molecule has 1 atom stereocenters. The van der Waals surface area contributed by atoms with Crippen LogP contribution in [0.2, 0.25) is 0 Å². The smallest absolute Gasteiger partial charge is 0.123 e. The molecule has 1 aliphatic heterocycles. The van der Waals surface area contributed by atoms with Crippen molar-refractivity contribution in [3.63, 3.8) is 0 Å². The fourth-order valence-electron chi connectivity index (χ4n) is 2.60. The van der Waals surface area contributed by atoms with Crippen LogP contribution in [0.1, 0.15) is 48.8 Å². The van der Waals surface area contributed by atoms with Gasteiger partial charge >= 0.3 is 0 Å². The molecule has 1 fully saturated rings. The summed E-state index contributed by atoms with van der Waals surface area (Å²) in [5.41, 5.74) is 2.54. The SMILES string of the molecule is OC(C1=NC=CC1)c1ccc(F)cc1C1CCC1. The lowest BCUT2D eigenvalue weighted by molar-refractivity contribution is 0.242.